The average Bonchev–Trinajstić information content (AvgIpc) is 3.64. The van der Waals surface area contributed by atoms with Crippen LogP contribution in [0.5, 0.6) is 0 Å². The Morgan fingerprint density at radius 2 is 1.68 bits per heavy atom. The van der Waals surface area contributed by atoms with Crippen molar-refractivity contribution in [3.8, 4) is 0 Å². The molecular weight excluding hydrogens is 424 g/mol. The van der Waals surface area contributed by atoms with E-state index in [-0.39, 0.29) is 17.9 Å². The van der Waals surface area contributed by atoms with Gasteiger partial charge in [0.15, 0.2) is 6.29 Å². The maximum absolute atomic E-state index is 6.26. The maximum atomic E-state index is 6.26. The van der Waals surface area contributed by atoms with E-state index in [2.05, 4.69) is 0 Å². The summed E-state index contributed by atoms with van der Waals surface area (Å²) in [4.78, 5) is 0. The van der Waals surface area contributed by atoms with Gasteiger partial charge in [-0.1, -0.05) is 27.7 Å². The van der Waals surface area contributed by atoms with Crippen molar-refractivity contribution in [2.75, 3.05) is 47.3 Å². The maximum Gasteiger partial charge on any atom is 0.530 e. The average molecular weight is 467 g/mol. The molecule has 0 saturated carbocycles. The Hall–Kier alpha value is -0.143. The zero-order valence-electron chi connectivity index (χ0n) is 20.1. The largest absolute Gasteiger partial charge is 0.530 e. The second-order valence-electron chi connectivity index (χ2n) is 7.72. The third kappa shape index (κ3) is 7.99. The van der Waals surface area contributed by atoms with E-state index in [0.29, 0.717) is 45.7 Å². The molecule has 9 nitrogen and oxygen atoms in total. The molecule has 31 heavy (non-hydrogen) atoms. The van der Waals surface area contributed by atoms with Crippen molar-refractivity contribution in [2.24, 2.45) is 0 Å². The molecule has 0 spiro atoms. The molecule has 0 aromatic rings. The van der Waals surface area contributed by atoms with Crippen molar-refractivity contribution in [1.29, 1.82) is 0 Å². The smallest absolute Gasteiger partial charge is 0.375 e. The molecule has 4 unspecified atom stereocenters. The summed E-state index contributed by atoms with van der Waals surface area (Å²) in [5.41, 5.74) is -0.269. The Morgan fingerprint density at radius 1 is 1.00 bits per heavy atom. The van der Waals surface area contributed by atoms with Gasteiger partial charge in [-0.2, -0.15) is 0 Å². The van der Waals surface area contributed by atoms with E-state index >= 15 is 0 Å². The first-order valence-electron chi connectivity index (χ1n) is 11.6. The zero-order valence-corrected chi connectivity index (χ0v) is 21.1. The lowest BCUT2D eigenvalue weighted by Gasteiger charge is -2.39. The van der Waals surface area contributed by atoms with Gasteiger partial charge in [0, 0.05) is 20.6 Å². The van der Waals surface area contributed by atoms with Crippen LogP contribution in [0.1, 0.15) is 59.8 Å². The van der Waals surface area contributed by atoms with Crippen LogP contribution in [0.2, 0.25) is 0 Å². The van der Waals surface area contributed by atoms with E-state index in [1.54, 1.807) is 14.2 Å². The minimum atomic E-state index is -3.06. The fourth-order valence-electron chi connectivity index (χ4n) is 3.41. The summed E-state index contributed by atoms with van der Waals surface area (Å²) in [5.74, 6) is -1.04. The van der Waals surface area contributed by atoms with Crippen molar-refractivity contribution in [3.63, 3.8) is 0 Å². The van der Waals surface area contributed by atoms with Gasteiger partial charge in [0.2, 0.25) is 0 Å². The van der Waals surface area contributed by atoms with E-state index in [9.17, 15) is 0 Å². The van der Waals surface area contributed by atoms with Crippen molar-refractivity contribution in [3.05, 3.63) is 0 Å². The summed E-state index contributed by atoms with van der Waals surface area (Å²) in [7, 11) is 0.154. The first kappa shape index (κ1) is 27.1. The van der Waals surface area contributed by atoms with Crippen LogP contribution in [0.3, 0.4) is 0 Å². The molecule has 2 fully saturated rings. The SMILES string of the molecule is CCC(CO[Si](OC)(OC)C(CC)OCC1CO1)OC(CC)OC1(CC)OCCCO1. The normalized spacial score (nSPS) is 24.0. The van der Waals surface area contributed by atoms with Crippen LogP contribution in [0.15, 0.2) is 0 Å². The topological polar surface area (TPSA) is 86.4 Å². The van der Waals surface area contributed by atoms with Gasteiger partial charge in [0.1, 0.15) is 11.8 Å². The molecule has 0 amide bonds. The second kappa shape index (κ2) is 13.5. The molecule has 2 aliphatic rings. The summed E-state index contributed by atoms with van der Waals surface area (Å²) >= 11 is 0. The first-order chi connectivity index (χ1) is 15.0. The summed E-state index contributed by atoms with van der Waals surface area (Å²) in [5, 5.41) is 0. The van der Waals surface area contributed by atoms with Gasteiger partial charge in [-0.3, -0.25) is 4.74 Å². The van der Waals surface area contributed by atoms with Gasteiger partial charge in [-0.05, 0) is 25.7 Å². The molecule has 2 heterocycles. The highest BCUT2D eigenvalue weighted by atomic mass is 28.4. The van der Waals surface area contributed by atoms with Crippen LogP contribution in [0, 0.1) is 0 Å². The molecular formula is C21H42O9Si. The van der Waals surface area contributed by atoms with Crippen LogP contribution in [-0.4, -0.2) is 86.3 Å². The van der Waals surface area contributed by atoms with Crippen molar-refractivity contribution in [1.82, 2.24) is 0 Å². The monoisotopic (exact) mass is 466 g/mol. The highest BCUT2D eigenvalue weighted by Gasteiger charge is 2.50. The molecule has 0 radical (unpaired) electrons. The first-order valence-corrected chi connectivity index (χ1v) is 13.4. The molecule has 184 valence electrons. The fraction of sp³-hybridized carbons (Fsp3) is 1.00. The predicted molar refractivity (Wildman–Crippen MR) is 115 cm³/mol. The standard InChI is InChI=1S/C21H42O9Si/c1-7-17(29-19(8-2)30-21(10-4)26-12-11-13-27-21)16-28-31(22-5,23-6)20(9-3)25-15-18-14-24-18/h17-20H,7-16H2,1-6H3. The lowest BCUT2D eigenvalue weighted by molar-refractivity contribution is -0.437. The van der Waals surface area contributed by atoms with Crippen molar-refractivity contribution < 1.29 is 41.7 Å². The number of ether oxygens (including phenoxy) is 6. The minimum Gasteiger partial charge on any atom is -0.375 e. The van der Waals surface area contributed by atoms with Crippen LogP contribution in [0.25, 0.3) is 0 Å². The van der Waals surface area contributed by atoms with Gasteiger partial charge in [0.25, 0.3) is 5.97 Å². The Kier molecular flexibility index (Phi) is 11.8. The second-order valence-corrected chi connectivity index (χ2v) is 10.7. The molecule has 0 N–H and O–H groups in total. The zero-order chi connectivity index (χ0) is 22.7. The summed E-state index contributed by atoms with van der Waals surface area (Å²) in [6.45, 7) is 10.9. The molecule has 10 heteroatoms. The molecule has 0 bridgehead atoms. The van der Waals surface area contributed by atoms with Gasteiger partial charge < -0.3 is 37.0 Å². The number of rotatable bonds is 17. The Balaban J connectivity index is 1.94. The van der Waals surface area contributed by atoms with Crippen LogP contribution in [-0.2, 0) is 41.7 Å². The van der Waals surface area contributed by atoms with Crippen LogP contribution in [0.4, 0.5) is 0 Å². The van der Waals surface area contributed by atoms with Crippen molar-refractivity contribution >= 4 is 8.80 Å². The van der Waals surface area contributed by atoms with Crippen LogP contribution >= 0.6 is 0 Å². The molecule has 0 aromatic carbocycles. The van der Waals surface area contributed by atoms with E-state index in [1.165, 1.54) is 0 Å². The summed E-state index contributed by atoms with van der Waals surface area (Å²) in [6.07, 6.45) is 3.05. The van der Waals surface area contributed by atoms with E-state index in [4.69, 9.17) is 41.7 Å². The van der Waals surface area contributed by atoms with E-state index in [1.807, 2.05) is 27.7 Å². The Labute approximate surface area is 188 Å². The van der Waals surface area contributed by atoms with Gasteiger partial charge in [-0.25, -0.2) is 0 Å². The van der Waals surface area contributed by atoms with Gasteiger partial charge in [-0.15, -0.1) is 0 Å². The molecule has 2 aliphatic heterocycles. The quantitative estimate of drug-likeness (QED) is 0.182. The Bertz CT molecular complexity index is 481. The number of hydrogen-bond acceptors (Lipinski definition) is 9. The highest BCUT2D eigenvalue weighted by molar-refractivity contribution is 6.62. The summed E-state index contributed by atoms with van der Waals surface area (Å²) < 4.78 is 53.0. The molecule has 0 aliphatic carbocycles. The summed E-state index contributed by atoms with van der Waals surface area (Å²) in [6, 6.07) is 0. The van der Waals surface area contributed by atoms with Gasteiger partial charge in [0.05, 0.1) is 39.1 Å². The third-order valence-corrected chi connectivity index (χ3v) is 8.57. The fourth-order valence-corrected chi connectivity index (χ4v) is 5.74. The lowest BCUT2D eigenvalue weighted by Crippen LogP contribution is -2.57. The number of hydrogen-bond donors (Lipinski definition) is 0. The molecule has 4 atom stereocenters. The number of epoxide rings is 1. The molecule has 2 rings (SSSR count). The van der Waals surface area contributed by atoms with E-state index in [0.717, 1.165) is 19.4 Å². The lowest BCUT2D eigenvalue weighted by atomic mass is 10.3. The van der Waals surface area contributed by atoms with Crippen LogP contribution < -0.4 is 0 Å². The predicted octanol–water partition coefficient (Wildman–Crippen LogP) is 3.02. The Morgan fingerprint density at radius 3 is 2.16 bits per heavy atom. The molecule has 2 saturated heterocycles. The third-order valence-electron chi connectivity index (χ3n) is 5.50. The van der Waals surface area contributed by atoms with Crippen molar-refractivity contribution in [2.45, 2.75) is 90.0 Å². The minimum absolute atomic E-state index is 0.166. The molecule has 0 aromatic heterocycles. The highest BCUT2D eigenvalue weighted by Crippen LogP contribution is 2.28. The van der Waals surface area contributed by atoms with Gasteiger partial charge >= 0.3 is 8.80 Å². The van der Waals surface area contributed by atoms with E-state index < -0.39 is 21.1 Å².